The zero-order chi connectivity index (χ0) is 26.7. The second-order valence-electron chi connectivity index (χ2n) is 8.12. The number of nitro groups is 1. The van der Waals surface area contributed by atoms with Gasteiger partial charge in [0.05, 0.1) is 9.82 Å². The molecule has 3 aromatic carbocycles. The summed E-state index contributed by atoms with van der Waals surface area (Å²) < 4.78 is 32.7. The van der Waals surface area contributed by atoms with Crippen molar-refractivity contribution in [3.8, 4) is 5.75 Å². The van der Waals surface area contributed by atoms with Crippen LogP contribution in [0.3, 0.4) is 0 Å². The molecule has 13 heteroatoms. The van der Waals surface area contributed by atoms with Crippen LogP contribution >= 0.6 is 11.6 Å². The SMILES string of the molecule is O=C(OCC(=O)N1CCc2ccccc2C1)c1cc(NS(=O)(=O)c2ccc(Cl)c([N+](=O)[O-])c2)ccc1O. The predicted octanol–water partition coefficient (Wildman–Crippen LogP) is 3.50. The molecular formula is C24H20ClN3O8S. The molecule has 0 aromatic heterocycles. The molecule has 1 amide bonds. The van der Waals surface area contributed by atoms with Crippen molar-refractivity contribution in [1.82, 2.24) is 4.90 Å². The lowest BCUT2D eigenvalue weighted by molar-refractivity contribution is -0.384. The van der Waals surface area contributed by atoms with Crippen molar-refractivity contribution in [2.75, 3.05) is 17.9 Å². The van der Waals surface area contributed by atoms with Crippen LogP contribution in [0.25, 0.3) is 0 Å². The average molecular weight is 546 g/mol. The number of anilines is 1. The number of rotatable bonds is 7. The number of nitrogens with one attached hydrogen (secondary N) is 1. The largest absolute Gasteiger partial charge is 0.507 e. The van der Waals surface area contributed by atoms with Gasteiger partial charge >= 0.3 is 5.97 Å². The third-order valence-corrected chi connectivity index (χ3v) is 7.40. The van der Waals surface area contributed by atoms with E-state index in [9.17, 15) is 33.2 Å². The average Bonchev–Trinajstić information content (AvgIpc) is 2.87. The standard InChI is InChI=1S/C24H20ClN3O8S/c25-20-7-6-18(12-21(20)28(32)33)37(34,35)26-17-5-8-22(29)19(11-17)24(31)36-14-23(30)27-10-9-15-3-1-2-4-16(15)13-27/h1-8,11-12,26,29H,9-10,13-14H2. The quantitative estimate of drug-likeness (QED) is 0.198. The first kappa shape index (κ1) is 25.9. The Kier molecular flexibility index (Phi) is 7.32. The maximum Gasteiger partial charge on any atom is 0.342 e. The summed E-state index contributed by atoms with van der Waals surface area (Å²) in [6.07, 6.45) is 0.676. The van der Waals surface area contributed by atoms with Gasteiger partial charge in [-0.1, -0.05) is 35.9 Å². The number of benzene rings is 3. The van der Waals surface area contributed by atoms with E-state index < -0.39 is 49.8 Å². The highest BCUT2D eigenvalue weighted by Crippen LogP contribution is 2.29. The molecule has 11 nitrogen and oxygen atoms in total. The van der Waals surface area contributed by atoms with Gasteiger partial charge in [0.2, 0.25) is 0 Å². The number of phenols is 1. The Morgan fingerprint density at radius 2 is 1.84 bits per heavy atom. The first-order chi connectivity index (χ1) is 17.5. The van der Waals surface area contributed by atoms with Gasteiger partial charge in [-0.05, 0) is 47.9 Å². The highest BCUT2D eigenvalue weighted by molar-refractivity contribution is 7.92. The summed E-state index contributed by atoms with van der Waals surface area (Å²) in [7, 11) is -4.31. The van der Waals surface area contributed by atoms with Crippen LogP contribution in [-0.4, -0.2) is 48.4 Å². The van der Waals surface area contributed by atoms with Crippen LogP contribution in [0.1, 0.15) is 21.5 Å². The van der Waals surface area contributed by atoms with Gasteiger partial charge in [0, 0.05) is 24.8 Å². The molecule has 0 spiro atoms. The zero-order valence-electron chi connectivity index (χ0n) is 19.1. The van der Waals surface area contributed by atoms with Crippen molar-refractivity contribution >= 4 is 44.9 Å². The van der Waals surface area contributed by atoms with Crippen molar-refractivity contribution in [2.24, 2.45) is 0 Å². The molecule has 2 N–H and O–H groups in total. The molecule has 0 bridgehead atoms. The van der Waals surface area contributed by atoms with Crippen molar-refractivity contribution in [3.63, 3.8) is 0 Å². The molecule has 3 aromatic rings. The van der Waals surface area contributed by atoms with E-state index in [4.69, 9.17) is 16.3 Å². The summed E-state index contributed by atoms with van der Waals surface area (Å²) in [5.74, 6) is -1.94. The molecule has 1 aliphatic rings. The zero-order valence-corrected chi connectivity index (χ0v) is 20.7. The Labute approximate surface area is 216 Å². The minimum absolute atomic E-state index is 0.124. The molecule has 1 aliphatic heterocycles. The lowest BCUT2D eigenvalue weighted by Crippen LogP contribution is -2.38. The number of aromatic hydroxyl groups is 1. The van der Waals surface area contributed by atoms with E-state index in [0.29, 0.717) is 19.5 Å². The Morgan fingerprint density at radius 3 is 2.57 bits per heavy atom. The lowest BCUT2D eigenvalue weighted by atomic mass is 10.00. The Bertz CT molecular complexity index is 1510. The number of hydrogen-bond acceptors (Lipinski definition) is 8. The molecule has 1 heterocycles. The molecular weight excluding hydrogens is 526 g/mol. The highest BCUT2D eigenvalue weighted by Gasteiger charge is 2.24. The van der Waals surface area contributed by atoms with Gasteiger partial charge in [0.25, 0.3) is 21.6 Å². The number of phenolic OH excluding ortho intramolecular Hbond substituents is 1. The third kappa shape index (κ3) is 5.81. The maximum absolute atomic E-state index is 12.7. The van der Waals surface area contributed by atoms with Gasteiger partial charge in [0.15, 0.2) is 6.61 Å². The number of amides is 1. The predicted molar refractivity (Wildman–Crippen MR) is 133 cm³/mol. The molecule has 192 valence electrons. The Balaban J connectivity index is 1.44. The molecule has 37 heavy (non-hydrogen) atoms. The normalized spacial score (nSPS) is 12.9. The van der Waals surface area contributed by atoms with Gasteiger partial charge < -0.3 is 14.7 Å². The number of esters is 1. The van der Waals surface area contributed by atoms with Crippen LogP contribution < -0.4 is 4.72 Å². The van der Waals surface area contributed by atoms with Gasteiger partial charge in [-0.15, -0.1) is 0 Å². The van der Waals surface area contributed by atoms with Crippen molar-refractivity contribution in [1.29, 1.82) is 0 Å². The van der Waals surface area contributed by atoms with E-state index in [1.807, 2.05) is 24.3 Å². The summed E-state index contributed by atoms with van der Waals surface area (Å²) in [6, 6.07) is 14.0. The second kappa shape index (κ2) is 10.4. The van der Waals surface area contributed by atoms with Crippen molar-refractivity contribution in [2.45, 2.75) is 17.9 Å². The van der Waals surface area contributed by atoms with Gasteiger partial charge in [-0.2, -0.15) is 0 Å². The van der Waals surface area contributed by atoms with E-state index in [1.165, 1.54) is 6.07 Å². The summed E-state index contributed by atoms with van der Waals surface area (Å²) >= 11 is 5.74. The molecule has 4 rings (SSSR count). The van der Waals surface area contributed by atoms with Crippen LogP contribution in [0.2, 0.25) is 5.02 Å². The number of ether oxygens (including phenoxy) is 1. The number of sulfonamides is 1. The van der Waals surface area contributed by atoms with Crippen LogP contribution in [0.5, 0.6) is 5.75 Å². The van der Waals surface area contributed by atoms with Crippen LogP contribution in [0, 0.1) is 10.1 Å². The van der Waals surface area contributed by atoms with Gasteiger partial charge in [0.1, 0.15) is 16.3 Å². The number of fused-ring (bicyclic) bond motifs is 1. The number of nitrogens with zero attached hydrogens (tertiary/aromatic N) is 2. The van der Waals surface area contributed by atoms with E-state index in [0.717, 1.165) is 41.5 Å². The van der Waals surface area contributed by atoms with Gasteiger partial charge in [-0.3, -0.25) is 19.6 Å². The highest BCUT2D eigenvalue weighted by atomic mass is 35.5. The van der Waals surface area contributed by atoms with Crippen molar-refractivity contribution in [3.05, 3.63) is 92.5 Å². The monoisotopic (exact) mass is 545 g/mol. The topological polar surface area (TPSA) is 156 Å². The molecule has 0 fully saturated rings. The van der Waals surface area contributed by atoms with Crippen LogP contribution in [0.15, 0.2) is 65.6 Å². The molecule has 0 atom stereocenters. The number of carbonyl (C=O) groups is 2. The smallest absolute Gasteiger partial charge is 0.342 e. The van der Waals surface area contributed by atoms with Crippen molar-refractivity contribution < 1.29 is 32.8 Å². The fourth-order valence-electron chi connectivity index (χ4n) is 3.78. The van der Waals surface area contributed by atoms with E-state index >= 15 is 0 Å². The molecule has 0 saturated heterocycles. The summed E-state index contributed by atoms with van der Waals surface area (Å²) in [5, 5.41) is 21.0. The minimum atomic E-state index is -4.31. The molecule has 0 radical (unpaired) electrons. The fourth-order valence-corrected chi connectivity index (χ4v) is 5.04. The summed E-state index contributed by atoms with van der Waals surface area (Å²) in [4.78, 5) is 36.5. The number of carbonyl (C=O) groups excluding carboxylic acids is 2. The molecule has 0 saturated carbocycles. The van der Waals surface area contributed by atoms with Crippen LogP contribution in [-0.2, 0) is 32.5 Å². The van der Waals surface area contributed by atoms with Gasteiger partial charge in [-0.25, -0.2) is 13.2 Å². The number of nitro benzene ring substituents is 1. The lowest BCUT2D eigenvalue weighted by Gasteiger charge is -2.28. The van der Waals surface area contributed by atoms with E-state index in [2.05, 4.69) is 4.72 Å². The number of halogens is 1. The molecule has 0 unspecified atom stereocenters. The first-order valence-corrected chi connectivity index (χ1v) is 12.7. The Morgan fingerprint density at radius 1 is 1.11 bits per heavy atom. The Hall–Kier alpha value is -4.16. The number of hydrogen-bond donors (Lipinski definition) is 2. The third-order valence-electron chi connectivity index (χ3n) is 5.70. The van der Waals surface area contributed by atoms with E-state index in [1.54, 1.807) is 4.90 Å². The molecule has 0 aliphatic carbocycles. The summed E-state index contributed by atoms with van der Waals surface area (Å²) in [6.45, 7) is 0.293. The summed E-state index contributed by atoms with van der Waals surface area (Å²) in [5.41, 5.74) is 1.07. The first-order valence-electron chi connectivity index (χ1n) is 10.9. The van der Waals surface area contributed by atoms with E-state index in [-0.39, 0.29) is 16.3 Å². The second-order valence-corrected chi connectivity index (χ2v) is 10.2. The maximum atomic E-state index is 12.7. The van der Waals surface area contributed by atoms with Crippen LogP contribution in [0.4, 0.5) is 11.4 Å². The minimum Gasteiger partial charge on any atom is -0.507 e. The fraction of sp³-hybridized carbons (Fsp3) is 0.167.